The molecule has 0 aliphatic rings. The number of hydrogen-bond acceptors (Lipinski definition) is 3. The Morgan fingerprint density at radius 3 is 2.75 bits per heavy atom. The van der Waals surface area contributed by atoms with E-state index in [4.69, 9.17) is 16.3 Å². The summed E-state index contributed by atoms with van der Waals surface area (Å²) in [6.45, 7) is 0. The molecule has 0 aliphatic carbocycles. The third-order valence-electron chi connectivity index (χ3n) is 2.74. The van der Waals surface area contributed by atoms with Crippen LogP contribution in [0.3, 0.4) is 0 Å². The molecule has 0 saturated heterocycles. The van der Waals surface area contributed by atoms with Crippen LogP contribution < -0.4 is 4.74 Å². The lowest BCUT2D eigenvalue weighted by Crippen LogP contribution is -1.93. The highest BCUT2D eigenvalue weighted by Gasteiger charge is 2.03. The monoisotopic (exact) mass is 288 g/mol. The lowest BCUT2D eigenvalue weighted by molar-refractivity contribution is 0.104. The minimum Gasteiger partial charge on any atom is -0.504 e. The van der Waals surface area contributed by atoms with Crippen LogP contribution in [0.4, 0.5) is 0 Å². The number of phenolic OH excluding ortho intramolecular Hbond substituents is 1. The van der Waals surface area contributed by atoms with E-state index in [-0.39, 0.29) is 11.5 Å². The normalized spacial score (nSPS) is 10.7. The highest BCUT2D eigenvalue weighted by atomic mass is 35.5. The minimum absolute atomic E-state index is 0.0609. The Labute approximate surface area is 122 Å². The summed E-state index contributed by atoms with van der Waals surface area (Å²) in [5, 5.41) is 10.0. The smallest absolute Gasteiger partial charge is 0.185 e. The summed E-state index contributed by atoms with van der Waals surface area (Å²) in [5.41, 5.74) is 1.29. The molecule has 0 unspecified atom stereocenters. The average molecular weight is 289 g/mol. The van der Waals surface area contributed by atoms with E-state index >= 15 is 0 Å². The van der Waals surface area contributed by atoms with E-state index in [0.717, 1.165) is 5.56 Å². The highest BCUT2D eigenvalue weighted by Crippen LogP contribution is 2.26. The molecule has 2 rings (SSSR count). The molecule has 2 aromatic rings. The molecule has 0 aromatic heterocycles. The molecule has 102 valence electrons. The molecule has 0 amide bonds. The topological polar surface area (TPSA) is 46.5 Å². The van der Waals surface area contributed by atoms with Gasteiger partial charge in [0, 0.05) is 10.6 Å². The quantitative estimate of drug-likeness (QED) is 0.684. The van der Waals surface area contributed by atoms with Crippen molar-refractivity contribution in [1.29, 1.82) is 0 Å². The molecule has 0 radical (unpaired) electrons. The number of carbonyl (C=O) groups excluding carboxylic acids is 1. The Kier molecular flexibility index (Phi) is 4.43. The number of aromatic hydroxyl groups is 1. The number of allylic oxidation sites excluding steroid dienone is 1. The van der Waals surface area contributed by atoms with E-state index < -0.39 is 0 Å². The largest absolute Gasteiger partial charge is 0.504 e. The first-order valence-corrected chi connectivity index (χ1v) is 6.33. The summed E-state index contributed by atoms with van der Waals surface area (Å²) >= 11 is 5.84. The van der Waals surface area contributed by atoms with Crippen LogP contribution >= 0.6 is 11.6 Å². The Bertz CT molecular complexity index is 663. The minimum atomic E-state index is -0.139. The molecule has 3 nitrogen and oxygen atoms in total. The summed E-state index contributed by atoms with van der Waals surface area (Å²) in [6, 6.07) is 11.6. The standard InChI is InChI=1S/C16H13ClO3/c1-20-16-9-11(6-8-15(16)19)5-7-14(18)12-3-2-4-13(17)10-12/h2-10,19H,1H3/b7-5+. The number of methoxy groups -OCH3 is 1. The zero-order valence-corrected chi connectivity index (χ0v) is 11.6. The van der Waals surface area contributed by atoms with Crippen molar-refractivity contribution in [3.05, 3.63) is 64.7 Å². The second-order valence-corrected chi connectivity index (χ2v) is 4.58. The first kappa shape index (κ1) is 14.2. The van der Waals surface area contributed by atoms with Gasteiger partial charge in [0.15, 0.2) is 17.3 Å². The molecule has 0 aliphatic heterocycles. The van der Waals surface area contributed by atoms with Crippen LogP contribution in [0.2, 0.25) is 5.02 Å². The predicted octanol–water partition coefficient (Wildman–Crippen LogP) is 3.95. The van der Waals surface area contributed by atoms with E-state index in [1.807, 2.05) is 0 Å². The van der Waals surface area contributed by atoms with Crippen molar-refractivity contribution in [2.75, 3.05) is 7.11 Å². The molecular formula is C16H13ClO3. The molecule has 4 heteroatoms. The van der Waals surface area contributed by atoms with Crippen LogP contribution in [-0.2, 0) is 0 Å². The maximum atomic E-state index is 12.0. The Hall–Kier alpha value is -2.26. The van der Waals surface area contributed by atoms with Crippen LogP contribution in [-0.4, -0.2) is 18.0 Å². The molecule has 1 N–H and O–H groups in total. The van der Waals surface area contributed by atoms with Gasteiger partial charge in [0.1, 0.15) is 0 Å². The van der Waals surface area contributed by atoms with E-state index in [2.05, 4.69) is 0 Å². The fraction of sp³-hybridized carbons (Fsp3) is 0.0625. The highest BCUT2D eigenvalue weighted by molar-refractivity contribution is 6.31. The van der Waals surface area contributed by atoms with Crippen molar-refractivity contribution in [3.8, 4) is 11.5 Å². The Morgan fingerprint density at radius 1 is 1.25 bits per heavy atom. The molecule has 2 aromatic carbocycles. The zero-order chi connectivity index (χ0) is 14.5. The lowest BCUT2D eigenvalue weighted by atomic mass is 10.1. The van der Waals surface area contributed by atoms with Gasteiger partial charge in [-0.25, -0.2) is 0 Å². The zero-order valence-electron chi connectivity index (χ0n) is 10.8. The maximum absolute atomic E-state index is 12.0. The van der Waals surface area contributed by atoms with Gasteiger partial charge in [0.25, 0.3) is 0 Å². The van der Waals surface area contributed by atoms with Crippen molar-refractivity contribution in [3.63, 3.8) is 0 Å². The third-order valence-corrected chi connectivity index (χ3v) is 2.98. The van der Waals surface area contributed by atoms with Gasteiger partial charge >= 0.3 is 0 Å². The van der Waals surface area contributed by atoms with Gasteiger partial charge in [-0.05, 0) is 35.9 Å². The second-order valence-electron chi connectivity index (χ2n) is 4.14. The number of phenols is 1. The van der Waals surface area contributed by atoms with Crippen molar-refractivity contribution in [1.82, 2.24) is 0 Å². The van der Waals surface area contributed by atoms with Crippen LogP contribution in [0.5, 0.6) is 11.5 Å². The molecule has 0 saturated carbocycles. The molecule has 0 bridgehead atoms. The summed E-state index contributed by atoms with van der Waals surface area (Å²) in [6.07, 6.45) is 3.11. The first-order chi connectivity index (χ1) is 9.60. The molecule has 0 fully saturated rings. The first-order valence-electron chi connectivity index (χ1n) is 5.95. The molecule has 0 spiro atoms. The van der Waals surface area contributed by atoms with Gasteiger partial charge in [-0.2, -0.15) is 0 Å². The lowest BCUT2D eigenvalue weighted by Gasteiger charge is -2.03. The van der Waals surface area contributed by atoms with Crippen molar-refractivity contribution >= 4 is 23.5 Å². The fourth-order valence-corrected chi connectivity index (χ4v) is 1.90. The van der Waals surface area contributed by atoms with Crippen molar-refractivity contribution in [2.45, 2.75) is 0 Å². The van der Waals surface area contributed by atoms with Crippen molar-refractivity contribution < 1.29 is 14.6 Å². The van der Waals surface area contributed by atoms with E-state index in [9.17, 15) is 9.90 Å². The third kappa shape index (κ3) is 3.39. The van der Waals surface area contributed by atoms with Crippen LogP contribution in [0, 0.1) is 0 Å². The van der Waals surface area contributed by atoms with Crippen molar-refractivity contribution in [2.24, 2.45) is 0 Å². The van der Waals surface area contributed by atoms with Crippen LogP contribution in [0.15, 0.2) is 48.5 Å². The van der Waals surface area contributed by atoms with E-state index in [1.54, 1.807) is 42.5 Å². The number of ether oxygens (including phenoxy) is 1. The predicted molar refractivity (Wildman–Crippen MR) is 79.5 cm³/mol. The van der Waals surface area contributed by atoms with Crippen LogP contribution in [0.1, 0.15) is 15.9 Å². The number of carbonyl (C=O) groups is 1. The van der Waals surface area contributed by atoms with Gasteiger partial charge in [-0.15, -0.1) is 0 Å². The molecular weight excluding hydrogens is 276 g/mol. The second kappa shape index (κ2) is 6.26. The Morgan fingerprint density at radius 2 is 2.05 bits per heavy atom. The summed E-state index contributed by atoms with van der Waals surface area (Å²) in [7, 11) is 1.47. The fourth-order valence-electron chi connectivity index (χ4n) is 1.71. The van der Waals surface area contributed by atoms with Gasteiger partial charge in [0.05, 0.1) is 7.11 Å². The van der Waals surface area contributed by atoms with Gasteiger partial charge in [-0.3, -0.25) is 4.79 Å². The summed E-state index contributed by atoms with van der Waals surface area (Å²) in [4.78, 5) is 12.0. The number of ketones is 1. The summed E-state index contributed by atoms with van der Waals surface area (Å²) < 4.78 is 5.01. The van der Waals surface area contributed by atoms with E-state index in [0.29, 0.717) is 16.3 Å². The van der Waals surface area contributed by atoms with E-state index in [1.165, 1.54) is 19.3 Å². The number of benzene rings is 2. The molecule has 20 heavy (non-hydrogen) atoms. The number of hydrogen-bond donors (Lipinski definition) is 1. The van der Waals surface area contributed by atoms with Gasteiger partial charge in [-0.1, -0.05) is 35.9 Å². The molecule has 0 atom stereocenters. The SMILES string of the molecule is COc1cc(/C=C/C(=O)c2cccc(Cl)c2)ccc1O. The van der Waals surface area contributed by atoms with Crippen LogP contribution in [0.25, 0.3) is 6.08 Å². The van der Waals surface area contributed by atoms with Gasteiger partial charge < -0.3 is 9.84 Å². The maximum Gasteiger partial charge on any atom is 0.185 e. The van der Waals surface area contributed by atoms with Gasteiger partial charge in [0.2, 0.25) is 0 Å². The average Bonchev–Trinajstić information content (AvgIpc) is 2.46. The summed E-state index contributed by atoms with van der Waals surface area (Å²) in [5.74, 6) is 0.285. The number of rotatable bonds is 4. The number of halogens is 1. The Balaban J connectivity index is 2.19. The molecule has 0 heterocycles.